The predicted octanol–water partition coefficient (Wildman–Crippen LogP) is 5.80. The van der Waals surface area contributed by atoms with E-state index in [4.69, 9.17) is 13.6 Å². The number of rotatable bonds is 1. The molecule has 40 heavy (non-hydrogen) atoms. The molecule has 0 spiro atoms. The fourth-order valence-electron chi connectivity index (χ4n) is 3.88. The third-order valence-corrected chi connectivity index (χ3v) is 5.76. The van der Waals surface area contributed by atoms with Gasteiger partial charge in [-0.1, -0.05) is 12.8 Å². The van der Waals surface area contributed by atoms with Gasteiger partial charge in [0, 0.05) is 6.42 Å². The average Bonchev–Trinajstić information content (AvgIpc) is 3.48. The zero-order valence-corrected chi connectivity index (χ0v) is 21.4. The third-order valence-electron chi connectivity index (χ3n) is 5.76. The fraction of sp³-hybridized carbons (Fsp3) is 0.565. The summed E-state index contributed by atoms with van der Waals surface area (Å²) in [7, 11) is 0. The molecule has 0 fully saturated rings. The molecule has 6 bridgehead atoms. The van der Waals surface area contributed by atoms with Crippen LogP contribution in [-0.2, 0) is 22.9 Å². The number of fused-ring (bicyclic) bond motifs is 8. The summed E-state index contributed by atoms with van der Waals surface area (Å²) >= 11 is 0. The Balaban J connectivity index is 1.95. The number of anilines is 1. The van der Waals surface area contributed by atoms with Crippen LogP contribution < -0.4 is 5.32 Å². The number of halogens is 6. The lowest BCUT2D eigenvalue weighted by molar-refractivity contribution is -0.277. The Morgan fingerprint density at radius 2 is 1.60 bits per heavy atom. The lowest BCUT2D eigenvalue weighted by Gasteiger charge is -2.26. The largest absolute Gasteiger partial charge is 0.444 e. The summed E-state index contributed by atoms with van der Waals surface area (Å²) in [5.74, 6) is -2.72. The van der Waals surface area contributed by atoms with Crippen LogP contribution in [0, 0.1) is 0 Å². The van der Waals surface area contributed by atoms with E-state index in [1.807, 2.05) is 0 Å². The maximum absolute atomic E-state index is 14.1. The molecule has 1 aliphatic heterocycles. The first-order valence-electron chi connectivity index (χ1n) is 12.1. The number of carbonyl (C=O) groups is 1. The third kappa shape index (κ3) is 6.18. The van der Waals surface area contributed by atoms with E-state index in [0.717, 1.165) is 0 Å². The Morgan fingerprint density at radius 1 is 0.950 bits per heavy atom. The summed E-state index contributed by atoms with van der Waals surface area (Å²) in [6.45, 7) is 4.50. The van der Waals surface area contributed by atoms with E-state index in [1.165, 1.54) is 20.8 Å². The van der Waals surface area contributed by atoms with E-state index in [1.54, 1.807) is 0 Å². The Bertz CT molecular complexity index is 1380. The number of aromatic nitrogens is 5. The second kappa shape index (κ2) is 10.3. The van der Waals surface area contributed by atoms with Crippen LogP contribution >= 0.6 is 0 Å². The Morgan fingerprint density at radius 3 is 2.25 bits per heavy atom. The molecule has 2 N–H and O–H groups in total. The number of aliphatic hydroxyl groups is 1. The minimum Gasteiger partial charge on any atom is -0.444 e. The van der Waals surface area contributed by atoms with Crippen molar-refractivity contribution in [1.82, 2.24) is 25.4 Å². The van der Waals surface area contributed by atoms with E-state index < -0.39 is 76.4 Å². The summed E-state index contributed by atoms with van der Waals surface area (Å²) in [6.07, 6.45) is -11.2. The highest BCUT2D eigenvalue weighted by molar-refractivity contribution is 5.90. The SMILES string of the molecule is CC(C)(C)OC(=O)Nc1cc(C(F)(F)F)c2nc1-c1nnc(o1)C(O)(C(F)(F)F)CCCCCCc1nnc-2o1. The zero-order chi connectivity index (χ0) is 29.5. The number of hydrogen-bond donors (Lipinski definition) is 2. The monoisotopic (exact) mass is 578 g/mol. The second-order valence-corrected chi connectivity index (χ2v) is 10.1. The molecule has 4 rings (SSSR count). The molecular weight excluding hydrogens is 554 g/mol. The van der Waals surface area contributed by atoms with Crippen molar-refractivity contribution in [3.63, 3.8) is 0 Å². The molecule has 218 valence electrons. The molecule has 0 radical (unpaired) electrons. The van der Waals surface area contributed by atoms with Gasteiger partial charge >= 0.3 is 18.4 Å². The smallest absolute Gasteiger partial charge is 0.426 e. The van der Waals surface area contributed by atoms with Gasteiger partial charge in [-0.15, -0.1) is 20.4 Å². The van der Waals surface area contributed by atoms with E-state index in [-0.39, 0.29) is 25.2 Å². The fourth-order valence-corrected chi connectivity index (χ4v) is 3.88. The van der Waals surface area contributed by atoms with Gasteiger partial charge in [0.2, 0.25) is 11.5 Å². The van der Waals surface area contributed by atoms with Crippen LogP contribution in [0.15, 0.2) is 14.9 Å². The van der Waals surface area contributed by atoms with Gasteiger partial charge in [0.05, 0.1) is 11.3 Å². The summed E-state index contributed by atoms with van der Waals surface area (Å²) < 4.78 is 99.9. The summed E-state index contributed by atoms with van der Waals surface area (Å²) in [5.41, 5.74) is -8.25. The normalized spacial score (nSPS) is 18.9. The van der Waals surface area contributed by atoms with E-state index in [0.29, 0.717) is 18.9 Å². The van der Waals surface area contributed by atoms with Crippen LogP contribution in [0.25, 0.3) is 23.2 Å². The zero-order valence-electron chi connectivity index (χ0n) is 21.4. The topological polar surface area (TPSA) is 149 Å². The lowest BCUT2D eigenvalue weighted by Crippen LogP contribution is -2.42. The minimum absolute atomic E-state index is 0.0126. The molecule has 0 saturated carbocycles. The Hall–Kier alpha value is -3.76. The quantitative estimate of drug-likeness (QED) is 0.339. The van der Waals surface area contributed by atoms with Crippen LogP contribution in [0.5, 0.6) is 0 Å². The van der Waals surface area contributed by atoms with Crippen LogP contribution in [-0.4, -0.2) is 48.4 Å². The molecule has 0 aromatic carbocycles. The summed E-state index contributed by atoms with van der Waals surface area (Å²) in [5, 5.41) is 26.9. The van der Waals surface area contributed by atoms with Crippen LogP contribution in [0.1, 0.15) is 70.2 Å². The van der Waals surface area contributed by atoms with Crippen molar-refractivity contribution >= 4 is 11.8 Å². The molecule has 17 heteroatoms. The van der Waals surface area contributed by atoms with Crippen LogP contribution in [0.4, 0.5) is 36.8 Å². The van der Waals surface area contributed by atoms with Gasteiger partial charge in [-0.05, 0) is 46.1 Å². The molecule has 0 saturated heterocycles. The van der Waals surface area contributed by atoms with Crippen molar-refractivity contribution in [3.8, 4) is 23.2 Å². The molecule has 1 aliphatic rings. The van der Waals surface area contributed by atoms with E-state index in [9.17, 15) is 36.2 Å². The number of pyridine rings is 1. The van der Waals surface area contributed by atoms with Crippen molar-refractivity contribution in [3.05, 3.63) is 23.4 Å². The van der Waals surface area contributed by atoms with Crippen molar-refractivity contribution in [1.29, 1.82) is 0 Å². The van der Waals surface area contributed by atoms with Gasteiger partial charge < -0.3 is 18.7 Å². The average molecular weight is 578 g/mol. The minimum atomic E-state index is -5.23. The second-order valence-electron chi connectivity index (χ2n) is 10.1. The van der Waals surface area contributed by atoms with Crippen molar-refractivity contribution < 1.29 is 49.8 Å². The summed E-state index contributed by atoms with van der Waals surface area (Å²) in [4.78, 5) is 16.3. The highest BCUT2D eigenvalue weighted by atomic mass is 19.4. The number of carbonyl (C=O) groups excluding carboxylic acids is 1. The number of ether oxygens (including phenoxy) is 1. The van der Waals surface area contributed by atoms with Gasteiger partial charge in [-0.3, -0.25) is 5.32 Å². The van der Waals surface area contributed by atoms with Crippen LogP contribution in [0.3, 0.4) is 0 Å². The molecule has 3 aromatic rings. The van der Waals surface area contributed by atoms with Gasteiger partial charge in [-0.2, -0.15) is 26.3 Å². The maximum atomic E-state index is 14.1. The molecule has 1 atom stereocenters. The number of amides is 1. The Labute approximate surface area is 222 Å². The standard InChI is InChI=1S/C23H24F6N6O5/c1-20(2,3)40-19(36)30-12-10-11(22(24,25)26)14-16-33-32-13(38-16)8-6-4-5-7-9-21(37,23(27,28)29)18-35-34-17(39-18)15(12)31-14/h10,37H,4-9H2,1-3H3,(H,30,36). The molecular formula is C23H24F6N6O5. The first-order valence-corrected chi connectivity index (χ1v) is 12.1. The lowest BCUT2D eigenvalue weighted by atomic mass is 9.94. The van der Waals surface area contributed by atoms with Gasteiger partial charge in [-0.25, -0.2) is 9.78 Å². The first-order chi connectivity index (χ1) is 18.5. The highest BCUT2D eigenvalue weighted by Gasteiger charge is 2.58. The van der Waals surface area contributed by atoms with Gasteiger partial charge in [0.25, 0.3) is 17.7 Å². The highest BCUT2D eigenvalue weighted by Crippen LogP contribution is 2.44. The molecule has 0 aliphatic carbocycles. The van der Waals surface area contributed by atoms with Crippen LogP contribution in [0.2, 0.25) is 0 Å². The molecule has 1 amide bonds. The predicted molar refractivity (Wildman–Crippen MR) is 122 cm³/mol. The maximum Gasteiger partial charge on any atom is 0.426 e. The summed E-state index contributed by atoms with van der Waals surface area (Å²) in [6, 6.07) is 0.453. The van der Waals surface area contributed by atoms with Gasteiger partial charge in [0.1, 0.15) is 11.3 Å². The van der Waals surface area contributed by atoms with Crippen molar-refractivity contribution in [2.45, 2.75) is 82.9 Å². The van der Waals surface area contributed by atoms with Crippen molar-refractivity contribution in [2.24, 2.45) is 0 Å². The number of nitrogens with one attached hydrogen (secondary N) is 1. The molecule has 1 unspecified atom stereocenters. The van der Waals surface area contributed by atoms with E-state index >= 15 is 0 Å². The first kappa shape index (κ1) is 29.2. The number of nitrogens with zero attached hydrogens (tertiary/aromatic N) is 5. The molecule has 4 heterocycles. The van der Waals surface area contributed by atoms with E-state index in [2.05, 4.69) is 30.7 Å². The van der Waals surface area contributed by atoms with Gasteiger partial charge in [0.15, 0.2) is 5.69 Å². The van der Waals surface area contributed by atoms with Crippen molar-refractivity contribution in [2.75, 3.05) is 5.32 Å². The number of hydrogen-bond acceptors (Lipinski definition) is 10. The number of aryl methyl sites for hydroxylation is 1. The Kier molecular flexibility index (Phi) is 7.55. The molecule has 11 nitrogen and oxygen atoms in total. The molecule has 3 aromatic heterocycles. The number of alkyl halides is 6.